The van der Waals surface area contributed by atoms with E-state index in [-0.39, 0.29) is 5.54 Å². The number of likely N-dealkylation sites (tertiary alicyclic amines) is 1. The Kier molecular flexibility index (Phi) is 4.76. The lowest BCUT2D eigenvalue weighted by atomic mass is 9.88. The summed E-state index contributed by atoms with van der Waals surface area (Å²) in [5, 5.41) is 5.83. The van der Waals surface area contributed by atoms with Crippen LogP contribution in [0.1, 0.15) is 50.7 Å². The van der Waals surface area contributed by atoms with E-state index in [1.807, 2.05) is 16.8 Å². The minimum Gasteiger partial charge on any atom is -0.399 e. The summed E-state index contributed by atoms with van der Waals surface area (Å²) in [6, 6.07) is 14.9. The molecule has 1 fully saturated rings. The summed E-state index contributed by atoms with van der Waals surface area (Å²) >= 11 is 0. The molecule has 146 valence electrons. The summed E-state index contributed by atoms with van der Waals surface area (Å²) in [7, 11) is 0. The van der Waals surface area contributed by atoms with E-state index in [2.05, 4.69) is 68.8 Å². The number of fused-ring (bicyclic) bond motifs is 1. The maximum Gasteiger partial charge on any atom is 0.102 e. The molecule has 0 radical (unpaired) electrons. The number of benzene rings is 2. The zero-order valence-corrected chi connectivity index (χ0v) is 17.2. The molecule has 2 aromatic carbocycles. The third-order valence-electron chi connectivity index (χ3n) is 5.88. The number of aromatic nitrogens is 2. The molecule has 1 aromatic heterocycles. The van der Waals surface area contributed by atoms with Crippen molar-refractivity contribution < 1.29 is 0 Å². The molecule has 1 aliphatic rings. The van der Waals surface area contributed by atoms with Crippen LogP contribution < -0.4 is 5.73 Å². The quantitative estimate of drug-likeness (QED) is 0.707. The van der Waals surface area contributed by atoms with Gasteiger partial charge in [0.25, 0.3) is 0 Å². The molecule has 0 unspecified atom stereocenters. The number of nitrogens with zero attached hydrogens (tertiary/aromatic N) is 3. The average molecular weight is 375 g/mol. The fraction of sp³-hybridized carbons (Fsp3) is 0.375. The first kappa shape index (κ1) is 18.8. The topological polar surface area (TPSA) is 47.1 Å². The van der Waals surface area contributed by atoms with Gasteiger partial charge in [0, 0.05) is 34.9 Å². The lowest BCUT2D eigenvalue weighted by molar-refractivity contribution is 0.0986. The van der Waals surface area contributed by atoms with Gasteiger partial charge in [0.15, 0.2) is 0 Å². The van der Waals surface area contributed by atoms with Crippen molar-refractivity contribution >= 4 is 16.6 Å². The van der Waals surface area contributed by atoms with Crippen LogP contribution in [-0.4, -0.2) is 33.3 Å². The van der Waals surface area contributed by atoms with Gasteiger partial charge in [-0.1, -0.05) is 36.9 Å². The Labute approximate surface area is 167 Å². The Bertz CT molecular complexity index is 992. The Morgan fingerprint density at radius 2 is 1.89 bits per heavy atom. The SMILES string of the molecule is C=C(N)c1cccc2cn(-c3ccc([C@@H]4CCCN(C(C)(C)C)C4)cc3)nc12. The molecule has 2 N–H and O–H groups in total. The number of piperidine rings is 1. The van der Waals surface area contributed by atoms with Crippen LogP contribution >= 0.6 is 0 Å². The lowest BCUT2D eigenvalue weighted by Crippen LogP contribution is -2.46. The van der Waals surface area contributed by atoms with E-state index in [4.69, 9.17) is 10.8 Å². The van der Waals surface area contributed by atoms with Crippen LogP contribution in [0.15, 0.2) is 55.2 Å². The summed E-state index contributed by atoms with van der Waals surface area (Å²) < 4.78 is 1.93. The molecule has 4 nitrogen and oxygen atoms in total. The van der Waals surface area contributed by atoms with Gasteiger partial charge < -0.3 is 5.73 Å². The number of hydrogen-bond acceptors (Lipinski definition) is 3. The van der Waals surface area contributed by atoms with Crippen LogP contribution in [0.5, 0.6) is 0 Å². The van der Waals surface area contributed by atoms with Gasteiger partial charge in [-0.05, 0) is 63.8 Å². The zero-order chi connectivity index (χ0) is 19.9. The first-order valence-corrected chi connectivity index (χ1v) is 10.1. The van der Waals surface area contributed by atoms with Crippen LogP contribution in [-0.2, 0) is 0 Å². The third-order valence-corrected chi connectivity index (χ3v) is 5.88. The molecule has 4 rings (SSSR count). The highest BCUT2D eigenvalue weighted by Crippen LogP contribution is 2.31. The van der Waals surface area contributed by atoms with Crippen molar-refractivity contribution in [2.45, 2.75) is 45.1 Å². The second-order valence-corrected chi connectivity index (χ2v) is 8.89. The zero-order valence-electron chi connectivity index (χ0n) is 17.2. The van der Waals surface area contributed by atoms with Gasteiger partial charge in [-0.25, -0.2) is 4.68 Å². The molecule has 2 heterocycles. The molecule has 0 amide bonds. The first-order chi connectivity index (χ1) is 13.3. The molecular weight excluding hydrogens is 344 g/mol. The second kappa shape index (κ2) is 7.10. The van der Waals surface area contributed by atoms with Crippen LogP contribution in [0.25, 0.3) is 22.3 Å². The van der Waals surface area contributed by atoms with Crippen molar-refractivity contribution in [3.05, 3.63) is 66.4 Å². The smallest absolute Gasteiger partial charge is 0.102 e. The summed E-state index contributed by atoms with van der Waals surface area (Å²) in [5.74, 6) is 0.603. The fourth-order valence-electron chi connectivity index (χ4n) is 4.19. The molecule has 0 spiro atoms. The van der Waals surface area contributed by atoms with E-state index in [0.29, 0.717) is 11.6 Å². The predicted octanol–water partition coefficient (Wildman–Crippen LogP) is 4.93. The Hall–Kier alpha value is -2.59. The summed E-state index contributed by atoms with van der Waals surface area (Å²) in [6.45, 7) is 13.1. The molecule has 0 aliphatic carbocycles. The molecular formula is C24H30N4. The van der Waals surface area contributed by atoms with Crippen molar-refractivity contribution in [2.75, 3.05) is 13.1 Å². The first-order valence-electron chi connectivity index (χ1n) is 10.1. The largest absolute Gasteiger partial charge is 0.399 e. The van der Waals surface area contributed by atoms with Crippen molar-refractivity contribution in [3.8, 4) is 5.69 Å². The normalized spacial score (nSPS) is 18.5. The number of nitrogens with two attached hydrogens (primary N) is 1. The minimum atomic E-state index is 0.235. The monoisotopic (exact) mass is 374 g/mol. The third kappa shape index (κ3) is 3.57. The van der Waals surface area contributed by atoms with Gasteiger partial charge >= 0.3 is 0 Å². The Morgan fingerprint density at radius 3 is 2.57 bits per heavy atom. The molecule has 4 heteroatoms. The van der Waals surface area contributed by atoms with E-state index >= 15 is 0 Å². The van der Waals surface area contributed by atoms with Gasteiger partial charge in [0.05, 0.1) is 5.69 Å². The summed E-state index contributed by atoms with van der Waals surface area (Å²) in [6.07, 6.45) is 4.58. The lowest BCUT2D eigenvalue weighted by Gasteiger charge is -2.41. The van der Waals surface area contributed by atoms with Crippen molar-refractivity contribution in [3.63, 3.8) is 0 Å². The van der Waals surface area contributed by atoms with Crippen LogP contribution in [0.3, 0.4) is 0 Å². The summed E-state index contributed by atoms with van der Waals surface area (Å²) in [5.41, 5.74) is 11.0. The van der Waals surface area contributed by atoms with Gasteiger partial charge in [-0.2, -0.15) is 5.10 Å². The fourth-order valence-corrected chi connectivity index (χ4v) is 4.19. The van der Waals surface area contributed by atoms with Crippen molar-refractivity contribution in [1.29, 1.82) is 0 Å². The maximum absolute atomic E-state index is 5.92. The van der Waals surface area contributed by atoms with Gasteiger partial charge in [-0.3, -0.25) is 4.90 Å². The van der Waals surface area contributed by atoms with Crippen LogP contribution in [0.4, 0.5) is 0 Å². The highest BCUT2D eigenvalue weighted by atomic mass is 15.3. The minimum absolute atomic E-state index is 0.235. The average Bonchev–Trinajstić information content (AvgIpc) is 3.11. The molecule has 28 heavy (non-hydrogen) atoms. The van der Waals surface area contributed by atoms with Gasteiger partial charge in [0.1, 0.15) is 5.52 Å². The molecule has 1 atom stereocenters. The van der Waals surface area contributed by atoms with Crippen LogP contribution in [0, 0.1) is 0 Å². The maximum atomic E-state index is 5.92. The second-order valence-electron chi connectivity index (χ2n) is 8.89. The van der Waals surface area contributed by atoms with Crippen molar-refractivity contribution in [2.24, 2.45) is 5.73 Å². The van der Waals surface area contributed by atoms with E-state index in [1.54, 1.807) is 0 Å². The molecule has 1 aliphatic heterocycles. The summed E-state index contributed by atoms with van der Waals surface area (Å²) in [4.78, 5) is 2.61. The van der Waals surface area contributed by atoms with E-state index in [9.17, 15) is 0 Å². The molecule has 1 saturated heterocycles. The van der Waals surface area contributed by atoms with E-state index < -0.39 is 0 Å². The van der Waals surface area contributed by atoms with Gasteiger partial charge in [0.2, 0.25) is 0 Å². The van der Waals surface area contributed by atoms with E-state index in [0.717, 1.165) is 28.7 Å². The standard InChI is InChI=1S/C24H30N4/c1-17(25)22-9-5-7-20-16-28(26-23(20)22)21-12-10-18(11-13-21)19-8-6-14-27(15-19)24(2,3)4/h5,7,9-13,16,19H,1,6,8,14-15,25H2,2-4H3/t19-/m1/s1. The Balaban J connectivity index is 1.59. The molecule has 0 bridgehead atoms. The highest BCUT2D eigenvalue weighted by Gasteiger charge is 2.28. The highest BCUT2D eigenvalue weighted by molar-refractivity contribution is 5.89. The van der Waals surface area contributed by atoms with Crippen molar-refractivity contribution in [1.82, 2.24) is 14.7 Å². The number of hydrogen-bond donors (Lipinski definition) is 1. The number of rotatable bonds is 3. The predicted molar refractivity (Wildman–Crippen MR) is 118 cm³/mol. The Morgan fingerprint density at radius 1 is 1.14 bits per heavy atom. The molecule has 0 saturated carbocycles. The van der Waals surface area contributed by atoms with E-state index in [1.165, 1.54) is 24.9 Å². The van der Waals surface area contributed by atoms with Gasteiger partial charge in [-0.15, -0.1) is 0 Å². The molecule has 3 aromatic rings. The van der Waals surface area contributed by atoms with Crippen LogP contribution in [0.2, 0.25) is 0 Å².